The van der Waals surface area contributed by atoms with Crippen LogP contribution < -0.4 is 11.1 Å². The molecule has 0 spiro atoms. The maximum Gasteiger partial charge on any atom is 0.472 e. The fraction of sp³-hybridized carbons (Fsp3) is 0.884. The molecule has 0 fully saturated rings. The molecule has 0 aliphatic rings. The molecule has 9 heteroatoms. The van der Waals surface area contributed by atoms with Gasteiger partial charge in [0.15, 0.2) is 0 Å². The second-order valence-corrected chi connectivity index (χ2v) is 16.4. The van der Waals surface area contributed by atoms with Crippen LogP contribution in [-0.2, 0) is 18.4 Å². The summed E-state index contributed by atoms with van der Waals surface area (Å²) in [5, 5.41) is 13.6. The van der Waals surface area contributed by atoms with Crippen LogP contribution in [0.3, 0.4) is 0 Å². The van der Waals surface area contributed by atoms with Gasteiger partial charge in [-0.2, -0.15) is 0 Å². The summed E-state index contributed by atoms with van der Waals surface area (Å²) in [6, 6.07) is -0.858. The number of phosphoric acid groups is 1. The molecule has 0 saturated heterocycles. The van der Waals surface area contributed by atoms with Crippen LogP contribution in [0.25, 0.3) is 0 Å². The number of carbonyl (C=O) groups is 1. The fourth-order valence-electron chi connectivity index (χ4n) is 6.42. The summed E-state index contributed by atoms with van der Waals surface area (Å²) in [5.74, 6) is -0.196. The first-order valence-electron chi connectivity index (χ1n) is 22.0. The highest BCUT2D eigenvalue weighted by molar-refractivity contribution is 7.47. The van der Waals surface area contributed by atoms with E-state index in [0.29, 0.717) is 6.42 Å². The molecule has 0 aromatic heterocycles. The third kappa shape index (κ3) is 37.3. The van der Waals surface area contributed by atoms with Gasteiger partial charge in [-0.15, -0.1) is 0 Å². The van der Waals surface area contributed by atoms with Gasteiger partial charge in [-0.25, -0.2) is 4.57 Å². The lowest BCUT2D eigenvalue weighted by molar-refractivity contribution is -0.123. The number of aliphatic hydroxyl groups is 1. The van der Waals surface area contributed by atoms with Gasteiger partial charge < -0.3 is 21.1 Å². The average molecular weight is 757 g/mol. The number of allylic oxidation sites excluding steroid dienone is 3. The van der Waals surface area contributed by atoms with E-state index in [1.54, 1.807) is 6.08 Å². The van der Waals surface area contributed by atoms with Crippen molar-refractivity contribution in [3.05, 3.63) is 24.3 Å². The molecule has 0 aliphatic heterocycles. The third-order valence-corrected chi connectivity index (χ3v) is 10.8. The van der Waals surface area contributed by atoms with Crippen molar-refractivity contribution < 1.29 is 28.4 Å². The third-order valence-electron chi connectivity index (χ3n) is 9.77. The first-order chi connectivity index (χ1) is 25.4. The number of rotatable bonds is 41. The van der Waals surface area contributed by atoms with Crippen molar-refractivity contribution in [2.45, 2.75) is 225 Å². The van der Waals surface area contributed by atoms with Gasteiger partial charge in [0, 0.05) is 13.0 Å². The van der Waals surface area contributed by atoms with E-state index in [0.717, 1.165) is 38.5 Å². The Morgan fingerprint density at radius 3 is 1.42 bits per heavy atom. The second-order valence-electron chi connectivity index (χ2n) is 14.9. The minimum atomic E-state index is -4.33. The zero-order valence-electron chi connectivity index (χ0n) is 34.1. The Bertz CT molecular complexity index is 871. The lowest BCUT2D eigenvalue weighted by atomic mass is 10.0. The fourth-order valence-corrected chi connectivity index (χ4v) is 7.18. The van der Waals surface area contributed by atoms with Crippen LogP contribution in [-0.4, -0.2) is 47.8 Å². The number of carbonyl (C=O) groups excluding carboxylic acids is 1. The van der Waals surface area contributed by atoms with Crippen LogP contribution in [0.5, 0.6) is 0 Å². The molecule has 0 heterocycles. The maximum atomic E-state index is 12.7. The molecule has 3 atom stereocenters. The molecule has 0 radical (unpaired) electrons. The van der Waals surface area contributed by atoms with Crippen LogP contribution >= 0.6 is 7.82 Å². The summed E-state index contributed by atoms with van der Waals surface area (Å²) < 4.78 is 22.1. The van der Waals surface area contributed by atoms with Gasteiger partial charge in [0.1, 0.15) is 0 Å². The lowest BCUT2D eigenvalue weighted by Gasteiger charge is -2.23. The number of nitrogens with two attached hydrogens (primary N) is 1. The molecule has 0 aromatic rings. The Hall–Kier alpha value is -1.02. The molecule has 5 N–H and O–H groups in total. The quantitative estimate of drug-likeness (QED) is 0.0277. The summed E-state index contributed by atoms with van der Waals surface area (Å²) in [7, 11) is -4.33. The molecule has 0 rings (SSSR count). The molecule has 3 unspecified atom stereocenters. The highest BCUT2D eigenvalue weighted by atomic mass is 31.2. The van der Waals surface area contributed by atoms with Crippen molar-refractivity contribution in [1.29, 1.82) is 0 Å². The van der Waals surface area contributed by atoms with Crippen molar-refractivity contribution in [2.24, 2.45) is 5.73 Å². The van der Waals surface area contributed by atoms with E-state index in [1.165, 1.54) is 154 Å². The first-order valence-corrected chi connectivity index (χ1v) is 23.5. The highest BCUT2D eigenvalue weighted by Gasteiger charge is 2.26. The minimum Gasteiger partial charge on any atom is -0.387 e. The van der Waals surface area contributed by atoms with Crippen molar-refractivity contribution in [3.8, 4) is 0 Å². The van der Waals surface area contributed by atoms with Gasteiger partial charge in [0.25, 0.3) is 0 Å². The molecular formula is C43H85N2O6P. The zero-order valence-corrected chi connectivity index (χ0v) is 35.0. The molecule has 308 valence electrons. The van der Waals surface area contributed by atoms with Gasteiger partial charge in [0.2, 0.25) is 5.91 Å². The molecule has 0 aromatic carbocycles. The van der Waals surface area contributed by atoms with E-state index in [2.05, 4.69) is 31.3 Å². The van der Waals surface area contributed by atoms with Crippen molar-refractivity contribution >= 4 is 13.7 Å². The number of amides is 1. The molecular weight excluding hydrogens is 671 g/mol. The Balaban J connectivity index is 4.13. The van der Waals surface area contributed by atoms with Crippen LogP contribution in [0.15, 0.2) is 24.3 Å². The summed E-state index contributed by atoms with van der Waals surface area (Å²) in [5.41, 5.74) is 5.37. The number of hydrogen-bond donors (Lipinski definition) is 4. The maximum absolute atomic E-state index is 12.7. The molecule has 0 bridgehead atoms. The second kappa shape index (κ2) is 39.7. The van der Waals surface area contributed by atoms with Crippen LogP contribution in [0.1, 0.15) is 213 Å². The minimum absolute atomic E-state index is 0.0791. The van der Waals surface area contributed by atoms with Crippen LogP contribution in [0, 0.1) is 0 Å². The largest absolute Gasteiger partial charge is 0.472 e. The van der Waals surface area contributed by atoms with E-state index < -0.39 is 20.0 Å². The lowest BCUT2D eigenvalue weighted by Crippen LogP contribution is -2.45. The Morgan fingerprint density at radius 2 is 1.00 bits per heavy atom. The smallest absolute Gasteiger partial charge is 0.387 e. The summed E-state index contributed by atoms with van der Waals surface area (Å²) in [4.78, 5) is 22.7. The van der Waals surface area contributed by atoms with E-state index >= 15 is 0 Å². The van der Waals surface area contributed by atoms with Crippen LogP contribution in [0.2, 0.25) is 0 Å². The number of aliphatic hydroxyl groups excluding tert-OH is 1. The van der Waals surface area contributed by atoms with E-state index in [4.69, 9.17) is 14.8 Å². The normalized spacial score (nSPS) is 14.3. The predicted octanol–water partition coefficient (Wildman–Crippen LogP) is 12.2. The topological polar surface area (TPSA) is 131 Å². The Kier molecular flexibility index (Phi) is 38.9. The first kappa shape index (κ1) is 51.0. The summed E-state index contributed by atoms with van der Waals surface area (Å²) >= 11 is 0. The molecule has 0 aliphatic carbocycles. The van der Waals surface area contributed by atoms with E-state index in [9.17, 15) is 19.4 Å². The van der Waals surface area contributed by atoms with Crippen molar-refractivity contribution in [3.63, 3.8) is 0 Å². The van der Waals surface area contributed by atoms with Gasteiger partial charge in [-0.3, -0.25) is 13.8 Å². The molecule has 1 amide bonds. The number of hydrogen-bond acceptors (Lipinski definition) is 6. The zero-order chi connectivity index (χ0) is 38.2. The number of phosphoric ester groups is 1. The Morgan fingerprint density at radius 1 is 0.615 bits per heavy atom. The average Bonchev–Trinajstić information content (AvgIpc) is 3.13. The predicted molar refractivity (Wildman–Crippen MR) is 221 cm³/mol. The summed E-state index contributed by atoms with van der Waals surface area (Å²) in [6.07, 6.45) is 45.1. The van der Waals surface area contributed by atoms with Crippen molar-refractivity contribution in [2.75, 3.05) is 19.8 Å². The van der Waals surface area contributed by atoms with Crippen LogP contribution in [0.4, 0.5) is 0 Å². The Labute approximate surface area is 321 Å². The van der Waals surface area contributed by atoms with Crippen molar-refractivity contribution in [1.82, 2.24) is 5.32 Å². The summed E-state index contributed by atoms with van der Waals surface area (Å²) in [6.45, 7) is 4.13. The standard InChI is InChI=1S/C43H85N2O6P/c1-3-5-7-9-11-13-15-17-18-19-20-21-22-23-24-25-27-29-31-33-35-37-43(47)45-41(40-51-52(48,49)50-39-38-44)42(46)36-34-32-30-28-26-16-14-12-10-8-6-4-2/h19-20,34,36,41-42,46H,3-18,21-33,35,37-40,44H2,1-2H3,(H,45,47)(H,48,49)/b20-19-,36-34+. The molecule has 8 nitrogen and oxygen atoms in total. The molecule has 52 heavy (non-hydrogen) atoms. The van der Waals surface area contributed by atoms with Gasteiger partial charge in [0.05, 0.1) is 25.4 Å². The monoisotopic (exact) mass is 757 g/mol. The van der Waals surface area contributed by atoms with Gasteiger partial charge >= 0.3 is 7.82 Å². The highest BCUT2D eigenvalue weighted by Crippen LogP contribution is 2.43. The van der Waals surface area contributed by atoms with Gasteiger partial charge in [-0.1, -0.05) is 186 Å². The number of unbranched alkanes of at least 4 members (excludes halogenated alkanes) is 27. The number of nitrogens with one attached hydrogen (secondary N) is 1. The van der Waals surface area contributed by atoms with E-state index in [-0.39, 0.29) is 25.7 Å². The van der Waals surface area contributed by atoms with E-state index in [1.807, 2.05) is 6.08 Å². The van der Waals surface area contributed by atoms with Gasteiger partial charge in [-0.05, 0) is 44.9 Å². The molecule has 0 saturated carbocycles. The SMILES string of the molecule is CCCCCCCCCC/C=C\CCCCCCCCCCCC(=O)NC(COP(=O)(O)OCCN)C(O)/C=C/CCCCCCCCCCCC.